The van der Waals surface area contributed by atoms with Crippen LogP contribution in [0.15, 0.2) is 42.2 Å². The van der Waals surface area contributed by atoms with Gasteiger partial charge in [0.2, 0.25) is 0 Å². The Morgan fingerprint density at radius 2 is 1.79 bits per heavy atom. The van der Waals surface area contributed by atoms with Gasteiger partial charge < -0.3 is 0 Å². The second kappa shape index (κ2) is 10.1. The standard InChI is InChI=1S/C26H31F3/c1-3-5-6-8-18-9-11-20(12-10-18)25(28)26(29)22-15-16-23-21(17-22)14-13-19(7-4-2)24(23)27/h4,7,13-18,20H,3,5-6,8-12H2,1-2H3/b7-4+,26-25?. The summed E-state index contributed by atoms with van der Waals surface area (Å²) in [4.78, 5) is 0. The Hall–Kier alpha value is -2.03. The second-order valence-electron chi connectivity index (χ2n) is 8.28. The molecule has 0 unspecified atom stereocenters. The van der Waals surface area contributed by atoms with Crippen molar-refractivity contribution in [1.29, 1.82) is 0 Å². The van der Waals surface area contributed by atoms with E-state index in [2.05, 4.69) is 6.92 Å². The Morgan fingerprint density at radius 1 is 1.03 bits per heavy atom. The molecule has 2 aromatic rings. The van der Waals surface area contributed by atoms with E-state index >= 15 is 0 Å². The molecule has 0 N–H and O–H groups in total. The van der Waals surface area contributed by atoms with Crippen molar-refractivity contribution in [3.8, 4) is 0 Å². The minimum absolute atomic E-state index is 0.193. The van der Waals surface area contributed by atoms with Gasteiger partial charge in [0.25, 0.3) is 0 Å². The number of fused-ring (bicyclic) bond motifs is 1. The van der Waals surface area contributed by atoms with Gasteiger partial charge in [-0.3, -0.25) is 0 Å². The van der Waals surface area contributed by atoms with Crippen molar-refractivity contribution in [2.75, 3.05) is 0 Å². The highest BCUT2D eigenvalue weighted by molar-refractivity contribution is 5.88. The molecule has 0 nitrogen and oxygen atoms in total. The molecule has 2 aromatic carbocycles. The highest BCUT2D eigenvalue weighted by Gasteiger charge is 2.26. The minimum Gasteiger partial charge on any atom is -0.208 e. The normalized spacial score (nSPS) is 21.0. The van der Waals surface area contributed by atoms with Gasteiger partial charge in [-0.25, -0.2) is 13.2 Å². The Kier molecular flexibility index (Phi) is 7.57. The molecule has 3 heteroatoms. The lowest BCUT2D eigenvalue weighted by atomic mass is 9.79. The van der Waals surface area contributed by atoms with Crippen LogP contribution in [-0.4, -0.2) is 0 Å². The summed E-state index contributed by atoms with van der Waals surface area (Å²) < 4.78 is 44.3. The van der Waals surface area contributed by atoms with Crippen LogP contribution in [0.2, 0.25) is 0 Å². The lowest BCUT2D eigenvalue weighted by molar-refractivity contribution is 0.258. The van der Waals surface area contributed by atoms with E-state index in [1.165, 1.54) is 31.7 Å². The molecule has 0 amide bonds. The number of unbranched alkanes of at least 4 members (excludes halogenated alkanes) is 2. The lowest BCUT2D eigenvalue weighted by Crippen LogP contribution is -2.15. The first-order chi connectivity index (χ1) is 14.0. The van der Waals surface area contributed by atoms with Crippen LogP contribution in [0.3, 0.4) is 0 Å². The van der Waals surface area contributed by atoms with Crippen LogP contribution >= 0.6 is 0 Å². The SMILES string of the molecule is C/C=C/c1ccc2cc(C(F)=C(F)C3CCC(CCCCC)CC3)ccc2c1F. The zero-order valence-electron chi connectivity index (χ0n) is 17.5. The second-order valence-corrected chi connectivity index (χ2v) is 8.28. The topological polar surface area (TPSA) is 0 Å². The summed E-state index contributed by atoms with van der Waals surface area (Å²) in [7, 11) is 0. The Balaban J connectivity index is 1.75. The molecule has 0 radical (unpaired) electrons. The maximum atomic E-state index is 14.9. The van der Waals surface area contributed by atoms with Gasteiger partial charge in [-0.2, -0.15) is 0 Å². The van der Waals surface area contributed by atoms with Crippen LogP contribution in [0.4, 0.5) is 13.2 Å². The van der Waals surface area contributed by atoms with Crippen molar-refractivity contribution >= 4 is 22.7 Å². The average molecular weight is 401 g/mol. The van der Waals surface area contributed by atoms with Crippen LogP contribution < -0.4 is 0 Å². The summed E-state index contributed by atoms with van der Waals surface area (Å²) in [5.74, 6) is -1.44. The first kappa shape index (κ1) is 21.7. The van der Waals surface area contributed by atoms with Crippen molar-refractivity contribution in [1.82, 2.24) is 0 Å². The van der Waals surface area contributed by atoms with E-state index in [-0.39, 0.29) is 17.3 Å². The Bertz CT molecular complexity index is 886. The highest BCUT2D eigenvalue weighted by Crippen LogP contribution is 2.39. The van der Waals surface area contributed by atoms with E-state index in [1.54, 1.807) is 36.4 Å². The van der Waals surface area contributed by atoms with E-state index in [0.717, 1.165) is 12.8 Å². The van der Waals surface area contributed by atoms with E-state index in [4.69, 9.17) is 0 Å². The Morgan fingerprint density at radius 3 is 2.48 bits per heavy atom. The van der Waals surface area contributed by atoms with Crippen LogP contribution in [0.25, 0.3) is 22.7 Å². The summed E-state index contributed by atoms with van der Waals surface area (Å²) in [6.07, 6.45) is 11.8. The molecule has 0 aromatic heterocycles. The molecular weight excluding hydrogens is 369 g/mol. The van der Waals surface area contributed by atoms with E-state index in [1.807, 2.05) is 6.92 Å². The maximum absolute atomic E-state index is 14.9. The minimum atomic E-state index is -0.792. The van der Waals surface area contributed by atoms with Crippen molar-refractivity contribution < 1.29 is 13.2 Å². The van der Waals surface area contributed by atoms with Crippen molar-refractivity contribution in [3.05, 3.63) is 59.2 Å². The average Bonchev–Trinajstić information content (AvgIpc) is 2.75. The summed E-state index contributed by atoms with van der Waals surface area (Å²) in [6, 6.07) is 7.99. The van der Waals surface area contributed by atoms with Crippen LogP contribution in [0, 0.1) is 17.7 Å². The summed E-state index contributed by atoms with van der Waals surface area (Å²) in [5, 5.41) is 1.00. The fraction of sp³-hybridized carbons (Fsp3) is 0.462. The van der Waals surface area contributed by atoms with Gasteiger partial charge in [-0.05, 0) is 50.0 Å². The fourth-order valence-corrected chi connectivity index (χ4v) is 4.46. The number of allylic oxidation sites excluding steroid dienone is 2. The fourth-order valence-electron chi connectivity index (χ4n) is 4.46. The van der Waals surface area contributed by atoms with Crippen molar-refractivity contribution in [2.24, 2.45) is 11.8 Å². The maximum Gasteiger partial charge on any atom is 0.162 e. The summed E-state index contributed by atoms with van der Waals surface area (Å²) in [6.45, 7) is 4.02. The van der Waals surface area contributed by atoms with Crippen molar-refractivity contribution in [2.45, 2.75) is 65.2 Å². The van der Waals surface area contributed by atoms with Crippen LogP contribution in [0.5, 0.6) is 0 Å². The number of rotatable bonds is 7. The van der Waals surface area contributed by atoms with Gasteiger partial charge in [0.05, 0.1) is 0 Å². The smallest absolute Gasteiger partial charge is 0.162 e. The molecule has 3 rings (SSSR count). The van der Waals surface area contributed by atoms with Crippen LogP contribution in [-0.2, 0) is 0 Å². The number of benzene rings is 2. The highest BCUT2D eigenvalue weighted by atomic mass is 19.2. The molecule has 0 atom stereocenters. The third-order valence-electron chi connectivity index (χ3n) is 6.21. The van der Waals surface area contributed by atoms with Gasteiger partial charge >= 0.3 is 0 Å². The number of hydrogen-bond donors (Lipinski definition) is 0. The van der Waals surface area contributed by atoms with Gasteiger partial charge in [0.1, 0.15) is 11.6 Å². The third-order valence-corrected chi connectivity index (χ3v) is 6.21. The van der Waals surface area contributed by atoms with Gasteiger partial charge in [0, 0.05) is 22.4 Å². The first-order valence-electron chi connectivity index (χ1n) is 11.0. The number of hydrogen-bond acceptors (Lipinski definition) is 0. The number of halogens is 3. The molecular formula is C26H31F3. The predicted octanol–water partition coefficient (Wildman–Crippen LogP) is 9.01. The molecule has 0 aliphatic heterocycles. The molecule has 1 fully saturated rings. The molecule has 0 bridgehead atoms. The third kappa shape index (κ3) is 5.12. The monoisotopic (exact) mass is 400 g/mol. The molecule has 0 heterocycles. The van der Waals surface area contributed by atoms with E-state index < -0.39 is 11.7 Å². The molecule has 0 saturated heterocycles. The lowest BCUT2D eigenvalue weighted by Gasteiger charge is -2.27. The molecule has 1 aliphatic rings. The Labute approximate surface area is 172 Å². The largest absolute Gasteiger partial charge is 0.208 e. The molecule has 1 saturated carbocycles. The zero-order chi connectivity index (χ0) is 20.8. The summed E-state index contributed by atoms with van der Waals surface area (Å²) >= 11 is 0. The zero-order valence-corrected chi connectivity index (χ0v) is 17.5. The molecule has 156 valence electrons. The quantitative estimate of drug-likeness (QED) is 0.407. The van der Waals surface area contributed by atoms with Gasteiger partial charge in [-0.15, -0.1) is 0 Å². The van der Waals surface area contributed by atoms with E-state index in [0.29, 0.717) is 35.1 Å². The van der Waals surface area contributed by atoms with Crippen LogP contribution in [0.1, 0.15) is 76.3 Å². The first-order valence-corrected chi connectivity index (χ1v) is 11.0. The molecule has 29 heavy (non-hydrogen) atoms. The molecule has 0 spiro atoms. The van der Waals surface area contributed by atoms with Gasteiger partial charge in [0.15, 0.2) is 5.83 Å². The summed E-state index contributed by atoms with van der Waals surface area (Å²) in [5.41, 5.74) is 0.684. The molecule has 1 aliphatic carbocycles. The van der Waals surface area contributed by atoms with E-state index in [9.17, 15) is 13.2 Å². The predicted molar refractivity (Wildman–Crippen MR) is 117 cm³/mol. The van der Waals surface area contributed by atoms with Gasteiger partial charge in [-0.1, -0.05) is 69.0 Å². The van der Waals surface area contributed by atoms with Crippen molar-refractivity contribution in [3.63, 3.8) is 0 Å².